The Balaban J connectivity index is 1.58. The number of aryl methyl sites for hydroxylation is 1. The van der Waals surface area contributed by atoms with E-state index in [1.165, 1.54) is 17.8 Å². The van der Waals surface area contributed by atoms with Gasteiger partial charge in [0.05, 0.1) is 4.90 Å². The highest BCUT2D eigenvalue weighted by atomic mass is 32.2. The van der Waals surface area contributed by atoms with E-state index in [2.05, 4.69) is 21.9 Å². The first kappa shape index (κ1) is 33.5. The maximum Gasteiger partial charge on any atom is 0.378 e. The molecule has 0 unspecified atom stereocenters. The van der Waals surface area contributed by atoms with Gasteiger partial charge in [-0.1, -0.05) is 93.1 Å². The van der Waals surface area contributed by atoms with Crippen LogP contribution in [-0.2, 0) is 34.3 Å². The predicted molar refractivity (Wildman–Crippen MR) is 174 cm³/mol. The number of carboxylic acid groups (broad SMARTS) is 1. The Morgan fingerprint density at radius 3 is 2.24 bits per heavy atom. The van der Waals surface area contributed by atoms with Gasteiger partial charge in [0, 0.05) is 25.1 Å². The molecule has 0 atom stereocenters. The number of sulfonamides is 1. The van der Waals surface area contributed by atoms with Crippen LogP contribution in [-0.4, -0.2) is 46.6 Å². The van der Waals surface area contributed by atoms with Crippen molar-refractivity contribution in [3.63, 3.8) is 0 Å². The number of hydrogen-bond donors (Lipinski definition) is 3. The lowest BCUT2D eigenvalue weighted by Gasteiger charge is -2.14. The average Bonchev–Trinajstić information content (AvgIpc) is 3.36. The highest BCUT2D eigenvalue weighted by molar-refractivity contribution is 7.99. The molecule has 3 N–H and O–H groups in total. The molecule has 0 aliphatic carbocycles. The third-order valence-corrected chi connectivity index (χ3v) is 9.38. The first-order valence-electron chi connectivity index (χ1n) is 14.7. The Morgan fingerprint density at radius 2 is 1.58 bits per heavy atom. The second-order valence-corrected chi connectivity index (χ2v) is 13.1. The predicted octanol–water partition coefficient (Wildman–Crippen LogP) is 5.90. The molecule has 0 fully saturated rings. The Bertz CT molecular complexity index is 1750. The molecule has 236 valence electrons. The molecule has 12 heteroatoms. The summed E-state index contributed by atoms with van der Waals surface area (Å²) in [6, 6.07) is 21.8. The van der Waals surface area contributed by atoms with Gasteiger partial charge in [0.25, 0.3) is 15.8 Å². The van der Waals surface area contributed by atoms with E-state index < -0.39 is 27.8 Å². The van der Waals surface area contributed by atoms with Crippen LogP contribution in [0.4, 0.5) is 4.79 Å². The molecule has 0 spiro atoms. The van der Waals surface area contributed by atoms with Gasteiger partial charge in [-0.25, -0.2) is 27.7 Å². The number of rotatable bonds is 15. The summed E-state index contributed by atoms with van der Waals surface area (Å²) in [6.45, 7) is 4.43. The minimum atomic E-state index is -4.21. The molecular formula is C33H36N4O6S2. The smallest absolute Gasteiger partial charge is 0.378 e. The van der Waals surface area contributed by atoms with Gasteiger partial charge >= 0.3 is 12.0 Å². The first-order chi connectivity index (χ1) is 21.6. The van der Waals surface area contributed by atoms with Crippen LogP contribution < -0.4 is 10.0 Å². The zero-order valence-corrected chi connectivity index (χ0v) is 26.8. The molecule has 4 rings (SSSR count). The fraction of sp³-hybridized carbons (Fsp3) is 0.273. The molecule has 1 heterocycles. The van der Waals surface area contributed by atoms with Crippen molar-refractivity contribution >= 4 is 39.6 Å². The Labute approximate surface area is 267 Å². The van der Waals surface area contributed by atoms with Gasteiger partial charge in [0.2, 0.25) is 0 Å². The zero-order valence-electron chi connectivity index (χ0n) is 25.2. The normalized spacial score (nSPS) is 11.2. The summed E-state index contributed by atoms with van der Waals surface area (Å²) in [6.07, 6.45) is 3.21. The number of Topliss-reactive ketones (excluding diaryl/α,β-unsaturated/α-hetero) is 1. The summed E-state index contributed by atoms with van der Waals surface area (Å²) in [4.78, 5) is 41.7. The van der Waals surface area contributed by atoms with E-state index >= 15 is 0 Å². The van der Waals surface area contributed by atoms with E-state index in [1.807, 2.05) is 37.3 Å². The molecule has 0 saturated heterocycles. The van der Waals surface area contributed by atoms with Crippen molar-refractivity contribution in [2.75, 3.05) is 5.75 Å². The van der Waals surface area contributed by atoms with Crippen molar-refractivity contribution in [3.05, 3.63) is 102 Å². The number of nitrogens with one attached hydrogen (secondary N) is 2. The van der Waals surface area contributed by atoms with Crippen LogP contribution >= 0.6 is 11.8 Å². The molecule has 0 aliphatic rings. The second-order valence-electron chi connectivity index (χ2n) is 10.3. The van der Waals surface area contributed by atoms with E-state index in [0.29, 0.717) is 28.4 Å². The summed E-state index contributed by atoms with van der Waals surface area (Å²) in [5.41, 5.74) is 2.68. The van der Waals surface area contributed by atoms with Gasteiger partial charge in [-0.3, -0.25) is 4.79 Å². The number of carbonyl (C=O) groups is 3. The van der Waals surface area contributed by atoms with Crippen LogP contribution in [0.25, 0.3) is 11.1 Å². The highest BCUT2D eigenvalue weighted by Gasteiger charge is 2.28. The van der Waals surface area contributed by atoms with Gasteiger partial charge in [-0.15, -0.1) is 11.8 Å². The Kier molecular flexibility index (Phi) is 11.6. The largest absolute Gasteiger partial charge is 0.475 e. The van der Waals surface area contributed by atoms with Gasteiger partial charge < -0.3 is 15.0 Å². The molecule has 1 aromatic heterocycles. The number of amides is 2. The summed E-state index contributed by atoms with van der Waals surface area (Å²) in [7, 11) is -4.21. The van der Waals surface area contributed by atoms with Crippen LogP contribution in [0.2, 0.25) is 0 Å². The molecule has 10 nitrogen and oxygen atoms in total. The molecule has 4 aromatic rings. The molecule has 0 radical (unpaired) electrons. The Hall–Kier alpha value is -4.42. The number of unbranched alkanes of at least 4 members (excludes halogenated alkanes) is 1. The summed E-state index contributed by atoms with van der Waals surface area (Å²) in [5, 5.41) is 12.6. The van der Waals surface area contributed by atoms with Crippen LogP contribution in [0.1, 0.15) is 60.5 Å². The van der Waals surface area contributed by atoms with Gasteiger partial charge in [0.15, 0.2) is 0 Å². The minimum absolute atomic E-state index is 0.0597. The van der Waals surface area contributed by atoms with Crippen LogP contribution in [0.5, 0.6) is 0 Å². The van der Waals surface area contributed by atoms with E-state index in [9.17, 15) is 27.9 Å². The third kappa shape index (κ3) is 8.61. The Morgan fingerprint density at radius 1 is 0.889 bits per heavy atom. The van der Waals surface area contributed by atoms with Gasteiger partial charge in [0.1, 0.15) is 16.5 Å². The molecule has 0 aliphatic heterocycles. The number of carbonyl (C=O) groups excluding carboxylic acids is 2. The molecule has 45 heavy (non-hydrogen) atoms. The number of carboxylic acids is 1. The van der Waals surface area contributed by atoms with E-state index in [0.717, 1.165) is 36.1 Å². The average molecular weight is 649 g/mol. The first-order valence-corrected chi connectivity index (χ1v) is 17.1. The van der Waals surface area contributed by atoms with Crippen LogP contribution in [0.3, 0.4) is 0 Å². The highest BCUT2D eigenvalue weighted by Crippen LogP contribution is 2.30. The quantitative estimate of drug-likeness (QED) is 0.0625. The molecule has 2 amide bonds. The number of urea groups is 1. The monoisotopic (exact) mass is 648 g/mol. The SMILES string of the molecule is CCCCSc1nc(CCC)n(Cc2ccc(-c3ccccc3S(=O)(=O)NC(=O)NCc3ccccc3)cc2)c1C(=O)C(=O)O. The lowest BCUT2D eigenvalue weighted by molar-refractivity contribution is -0.131. The zero-order chi connectivity index (χ0) is 32.4. The third-order valence-electron chi connectivity index (χ3n) is 6.94. The number of benzene rings is 3. The number of aliphatic carboxylic acids is 1. The lowest BCUT2D eigenvalue weighted by Crippen LogP contribution is -2.39. The number of aromatic nitrogens is 2. The van der Waals surface area contributed by atoms with Crippen molar-refractivity contribution in [1.82, 2.24) is 19.6 Å². The van der Waals surface area contributed by atoms with E-state index in [1.54, 1.807) is 47.0 Å². The van der Waals surface area contributed by atoms with Crippen LogP contribution in [0.15, 0.2) is 88.8 Å². The molecule has 0 saturated carbocycles. The summed E-state index contributed by atoms with van der Waals surface area (Å²) >= 11 is 1.39. The number of thioether (sulfide) groups is 1. The standard InChI is InChI=1S/C33H36N4O6S2/c1-3-5-20-44-31-29(30(38)32(39)40)37(28(35-31)11-4-2)22-24-16-18-25(19-17-24)26-14-9-10-15-27(26)45(42,43)36-33(41)34-21-23-12-7-6-8-13-23/h6-10,12-19H,3-5,11,20-22H2,1-2H3,(H,39,40)(H2,34,36,41). The molecular weight excluding hydrogens is 613 g/mol. The maximum atomic E-state index is 13.2. The van der Waals surface area contributed by atoms with Crippen molar-refractivity contribution in [1.29, 1.82) is 0 Å². The number of imidazole rings is 1. The second kappa shape index (κ2) is 15.5. The summed E-state index contributed by atoms with van der Waals surface area (Å²) < 4.78 is 30.3. The van der Waals surface area contributed by atoms with E-state index in [4.69, 9.17) is 0 Å². The van der Waals surface area contributed by atoms with Crippen LogP contribution in [0, 0.1) is 0 Å². The van der Waals surface area contributed by atoms with E-state index in [-0.39, 0.29) is 23.7 Å². The number of hydrogen-bond acceptors (Lipinski definition) is 7. The lowest BCUT2D eigenvalue weighted by atomic mass is 10.0. The van der Waals surface area contributed by atoms with Gasteiger partial charge in [-0.2, -0.15) is 0 Å². The fourth-order valence-corrected chi connectivity index (χ4v) is 6.99. The van der Waals surface area contributed by atoms with Crippen molar-refractivity contribution in [2.24, 2.45) is 0 Å². The van der Waals surface area contributed by atoms with Crippen molar-refractivity contribution in [2.45, 2.75) is 62.5 Å². The minimum Gasteiger partial charge on any atom is -0.475 e. The molecule has 0 bridgehead atoms. The van der Waals surface area contributed by atoms with Crippen molar-refractivity contribution in [3.8, 4) is 11.1 Å². The molecule has 3 aromatic carbocycles. The van der Waals surface area contributed by atoms with Gasteiger partial charge in [-0.05, 0) is 41.4 Å². The van der Waals surface area contributed by atoms with Crippen molar-refractivity contribution < 1.29 is 27.9 Å². The number of ketones is 1. The fourth-order valence-electron chi connectivity index (χ4n) is 4.70. The maximum absolute atomic E-state index is 13.2. The number of nitrogens with zero attached hydrogens (tertiary/aromatic N) is 2. The summed E-state index contributed by atoms with van der Waals surface area (Å²) in [5.74, 6) is -1.18. The topological polar surface area (TPSA) is 147 Å².